The number of sulfone groups is 1. The number of aromatic nitrogens is 1. The van der Waals surface area contributed by atoms with Gasteiger partial charge in [0.05, 0.1) is 35.4 Å². The van der Waals surface area contributed by atoms with Gasteiger partial charge in [0.15, 0.2) is 9.84 Å². The third-order valence-electron chi connectivity index (χ3n) is 5.21. The number of ether oxygens (including phenoxy) is 1. The zero-order valence-electron chi connectivity index (χ0n) is 16.4. The standard InChI is InChI=1S/C20H14Cl3F3N2O4S/c21-12-3-11(4-13(22)5-12)19(20(24,25)26)6-10(7-32-19)16-2-1-15(17(23)28-16)18(29)27-14-8-33(30,31)9-14/h1-6,14H,7-9H2,(H,27,29). The van der Waals surface area contributed by atoms with Gasteiger partial charge in [-0.15, -0.1) is 0 Å². The molecule has 0 spiro atoms. The van der Waals surface area contributed by atoms with E-state index in [1.54, 1.807) is 0 Å². The van der Waals surface area contributed by atoms with Crippen molar-refractivity contribution in [1.29, 1.82) is 0 Å². The van der Waals surface area contributed by atoms with Gasteiger partial charge in [-0.25, -0.2) is 13.4 Å². The molecule has 1 atom stereocenters. The average Bonchev–Trinajstić information content (AvgIpc) is 3.12. The second-order valence-electron chi connectivity index (χ2n) is 7.63. The predicted molar refractivity (Wildman–Crippen MR) is 117 cm³/mol. The molecule has 1 saturated heterocycles. The number of alkyl halides is 3. The normalized spacial score (nSPS) is 22.5. The molecular formula is C20H14Cl3F3N2O4S. The molecule has 13 heteroatoms. The number of carbonyl (C=O) groups excluding carboxylic acids is 1. The summed E-state index contributed by atoms with van der Waals surface area (Å²) in [5, 5.41) is 2.31. The number of nitrogens with one attached hydrogen (secondary N) is 1. The Balaban J connectivity index is 1.64. The van der Waals surface area contributed by atoms with Gasteiger partial charge >= 0.3 is 6.18 Å². The van der Waals surface area contributed by atoms with Crippen LogP contribution in [0.4, 0.5) is 13.2 Å². The fourth-order valence-electron chi connectivity index (χ4n) is 3.62. The van der Waals surface area contributed by atoms with Gasteiger partial charge in [-0.2, -0.15) is 13.2 Å². The molecule has 1 aromatic carbocycles. The quantitative estimate of drug-likeness (QED) is 0.579. The van der Waals surface area contributed by atoms with Gasteiger partial charge < -0.3 is 10.1 Å². The van der Waals surface area contributed by atoms with Crippen LogP contribution >= 0.6 is 34.8 Å². The van der Waals surface area contributed by atoms with E-state index in [2.05, 4.69) is 10.3 Å². The van der Waals surface area contributed by atoms with E-state index in [1.165, 1.54) is 18.2 Å². The lowest BCUT2D eigenvalue weighted by Gasteiger charge is -2.30. The molecule has 176 valence electrons. The molecule has 6 nitrogen and oxygen atoms in total. The summed E-state index contributed by atoms with van der Waals surface area (Å²) in [7, 11) is -3.13. The molecule has 33 heavy (non-hydrogen) atoms. The van der Waals surface area contributed by atoms with Crippen LogP contribution in [0, 0.1) is 0 Å². The van der Waals surface area contributed by atoms with Gasteiger partial charge in [0, 0.05) is 15.6 Å². The Morgan fingerprint density at radius 2 is 1.76 bits per heavy atom. The Hall–Kier alpha value is -1.85. The maximum atomic E-state index is 14.1. The van der Waals surface area contributed by atoms with Gasteiger partial charge in [0.2, 0.25) is 5.60 Å². The van der Waals surface area contributed by atoms with Crippen molar-refractivity contribution in [1.82, 2.24) is 10.3 Å². The Morgan fingerprint density at radius 1 is 1.12 bits per heavy atom. The van der Waals surface area contributed by atoms with E-state index in [9.17, 15) is 26.4 Å². The van der Waals surface area contributed by atoms with Crippen molar-refractivity contribution in [2.75, 3.05) is 18.1 Å². The van der Waals surface area contributed by atoms with Crippen molar-refractivity contribution in [2.45, 2.75) is 17.8 Å². The number of hydrogen-bond acceptors (Lipinski definition) is 5. The highest BCUT2D eigenvalue weighted by Crippen LogP contribution is 2.49. The average molecular weight is 542 g/mol. The van der Waals surface area contributed by atoms with Crippen LogP contribution in [0.1, 0.15) is 21.6 Å². The lowest BCUT2D eigenvalue weighted by molar-refractivity contribution is -0.254. The fraction of sp³-hybridized carbons (Fsp3) is 0.300. The molecule has 0 saturated carbocycles. The highest BCUT2D eigenvalue weighted by Gasteiger charge is 2.58. The van der Waals surface area contributed by atoms with Crippen LogP contribution in [-0.2, 0) is 20.2 Å². The molecule has 3 heterocycles. The Bertz CT molecular complexity index is 1250. The monoisotopic (exact) mass is 540 g/mol. The fourth-order valence-corrected chi connectivity index (χ4v) is 5.68. The number of benzene rings is 1. The van der Waals surface area contributed by atoms with E-state index >= 15 is 0 Å². The summed E-state index contributed by atoms with van der Waals surface area (Å²) in [6, 6.07) is 5.66. The second kappa shape index (κ2) is 8.42. The molecule has 0 bridgehead atoms. The minimum Gasteiger partial charge on any atom is -0.352 e. The third-order valence-corrected chi connectivity index (χ3v) is 7.76. The van der Waals surface area contributed by atoms with E-state index in [-0.39, 0.29) is 49.1 Å². The number of hydrogen-bond donors (Lipinski definition) is 1. The molecule has 0 aliphatic carbocycles. The number of halogens is 6. The summed E-state index contributed by atoms with van der Waals surface area (Å²) in [5.41, 5.74) is -2.94. The van der Waals surface area contributed by atoms with E-state index in [0.29, 0.717) is 0 Å². The summed E-state index contributed by atoms with van der Waals surface area (Å²) >= 11 is 17.9. The lowest BCUT2D eigenvalue weighted by atomic mass is 9.91. The molecule has 4 rings (SSSR count). The van der Waals surface area contributed by atoms with E-state index in [1.807, 2.05) is 0 Å². The molecule has 1 fully saturated rings. The Labute approximate surface area is 201 Å². The summed E-state index contributed by atoms with van der Waals surface area (Å²) in [4.78, 5) is 16.4. The van der Waals surface area contributed by atoms with Gasteiger partial charge in [0.1, 0.15) is 5.15 Å². The Morgan fingerprint density at radius 3 is 2.30 bits per heavy atom. The maximum absolute atomic E-state index is 14.1. The number of carbonyl (C=O) groups is 1. The molecular weight excluding hydrogens is 528 g/mol. The number of amides is 1. The van der Waals surface area contributed by atoms with E-state index < -0.39 is 40.2 Å². The summed E-state index contributed by atoms with van der Waals surface area (Å²) in [6.45, 7) is -0.432. The second-order valence-corrected chi connectivity index (χ2v) is 11.0. The number of nitrogens with zero attached hydrogens (tertiary/aromatic N) is 1. The number of pyridine rings is 1. The van der Waals surface area contributed by atoms with Crippen LogP contribution in [0.5, 0.6) is 0 Å². The molecule has 1 amide bonds. The van der Waals surface area contributed by atoms with E-state index in [0.717, 1.165) is 18.2 Å². The predicted octanol–water partition coefficient (Wildman–Crippen LogP) is 4.44. The summed E-state index contributed by atoms with van der Waals surface area (Å²) < 4.78 is 70.1. The van der Waals surface area contributed by atoms with Crippen LogP contribution in [0.3, 0.4) is 0 Å². The molecule has 2 aliphatic heterocycles. The molecule has 2 aromatic rings. The molecule has 0 radical (unpaired) electrons. The molecule has 1 unspecified atom stereocenters. The van der Waals surface area contributed by atoms with Gasteiger partial charge in [0.25, 0.3) is 5.91 Å². The van der Waals surface area contributed by atoms with Crippen LogP contribution < -0.4 is 5.32 Å². The lowest BCUT2D eigenvalue weighted by Crippen LogP contribution is -2.53. The first-order valence-corrected chi connectivity index (χ1v) is 12.3. The first-order chi connectivity index (χ1) is 15.3. The molecule has 1 N–H and O–H groups in total. The first kappa shape index (κ1) is 24.3. The van der Waals surface area contributed by atoms with E-state index in [4.69, 9.17) is 39.5 Å². The van der Waals surface area contributed by atoms with Gasteiger partial charge in [-0.05, 0) is 42.0 Å². The van der Waals surface area contributed by atoms with Crippen LogP contribution in [0.25, 0.3) is 5.57 Å². The Kier molecular flexibility index (Phi) is 6.20. The van der Waals surface area contributed by atoms with Crippen molar-refractivity contribution in [3.8, 4) is 0 Å². The van der Waals surface area contributed by atoms with Crippen LogP contribution in [-0.4, -0.2) is 49.6 Å². The van der Waals surface area contributed by atoms with Crippen molar-refractivity contribution in [2.24, 2.45) is 0 Å². The van der Waals surface area contributed by atoms with Crippen LogP contribution in [0.2, 0.25) is 15.2 Å². The van der Waals surface area contributed by atoms with Gasteiger partial charge in [-0.1, -0.05) is 34.8 Å². The topological polar surface area (TPSA) is 85.4 Å². The van der Waals surface area contributed by atoms with Gasteiger partial charge in [-0.3, -0.25) is 4.79 Å². The van der Waals surface area contributed by atoms with Crippen molar-refractivity contribution >= 4 is 56.1 Å². The van der Waals surface area contributed by atoms with Crippen molar-refractivity contribution in [3.05, 3.63) is 68.4 Å². The summed E-state index contributed by atoms with van der Waals surface area (Å²) in [6.07, 6.45) is -3.96. The highest BCUT2D eigenvalue weighted by molar-refractivity contribution is 7.92. The highest BCUT2D eigenvalue weighted by atomic mass is 35.5. The van der Waals surface area contributed by atoms with Crippen molar-refractivity contribution < 1.29 is 31.1 Å². The molecule has 2 aliphatic rings. The zero-order valence-corrected chi connectivity index (χ0v) is 19.5. The van der Waals surface area contributed by atoms with Crippen molar-refractivity contribution in [3.63, 3.8) is 0 Å². The first-order valence-electron chi connectivity index (χ1n) is 9.37. The number of rotatable bonds is 4. The molecule has 1 aromatic heterocycles. The smallest absolute Gasteiger partial charge is 0.352 e. The largest absolute Gasteiger partial charge is 0.425 e. The SMILES string of the molecule is O=C(NC1CS(=O)(=O)C1)c1ccc(C2=CC(c3cc(Cl)cc(Cl)c3)(C(F)(F)F)OC2)nc1Cl. The van der Waals surface area contributed by atoms with Crippen LogP contribution in [0.15, 0.2) is 36.4 Å². The zero-order chi connectivity index (χ0) is 24.2. The minimum atomic E-state index is -4.84. The minimum absolute atomic E-state index is 0.0161. The third kappa shape index (κ3) is 4.72. The summed E-state index contributed by atoms with van der Waals surface area (Å²) in [5.74, 6) is -0.966. The maximum Gasteiger partial charge on any atom is 0.425 e.